The van der Waals surface area contributed by atoms with Gasteiger partial charge in [0.2, 0.25) is 11.0 Å². The van der Waals surface area contributed by atoms with Gasteiger partial charge in [0.25, 0.3) is 0 Å². The molecule has 0 saturated carbocycles. The van der Waals surface area contributed by atoms with Crippen LogP contribution >= 0.6 is 22.5 Å². The third kappa shape index (κ3) is 3.52. The number of thioether (sulfide) groups is 1. The monoisotopic (exact) mass is 291 g/mol. The molecule has 0 bridgehead atoms. The normalized spacial score (nSPS) is 13.5. The Balaban J connectivity index is 3.25. The lowest BCUT2D eigenvalue weighted by Gasteiger charge is -2.27. The van der Waals surface area contributed by atoms with Crippen molar-refractivity contribution in [2.75, 3.05) is 19.1 Å². The second kappa shape index (κ2) is 6.28. The van der Waals surface area contributed by atoms with Gasteiger partial charge in [0, 0.05) is 6.26 Å². The summed E-state index contributed by atoms with van der Waals surface area (Å²) in [6.07, 6.45) is 4.46. The fourth-order valence-electron chi connectivity index (χ4n) is 1.17. The van der Waals surface area contributed by atoms with Crippen molar-refractivity contribution in [1.82, 2.24) is 14.2 Å². The summed E-state index contributed by atoms with van der Waals surface area (Å²) in [5.41, 5.74) is 0. The lowest BCUT2D eigenvalue weighted by molar-refractivity contribution is 0.366. The Bertz CT molecular complexity index is 452. The van der Waals surface area contributed by atoms with Gasteiger partial charge in [0.05, 0.1) is 7.11 Å². The molecule has 6 nitrogen and oxygen atoms in total. The van der Waals surface area contributed by atoms with Gasteiger partial charge in [-0.3, -0.25) is 9.11 Å². The highest BCUT2D eigenvalue weighted by molar-refractivity contribution is 8.22. The van der Waals surface area contributed by atoms with Crippen molar-refractivity contribution in [2.24, 2.45) is 0 Å². The predicted molar refractivity (Wildman–Crippen MR) is 75.8 cm³/mol. The molecule has 0 spiro atoms. The summed E-state index contributed by atoms with van der Waals surface area (Å²) in [5, 5.41) is 4.52. The highest BCUT2D eigenvalue weighted by Crippen LogP contribution is 2.39. The van der Waals surface area contributed by atoms with Gasteiger partial charge in [-0.05, 0) is 11.8 Å². The third-order valence-electron chi connectivity index (χ3n) is 1.86. The molecule has 0 amide bonds. The maximum atomic E-state index is 9.70. The molecule has 0 aliphatic carbocycles. The molecule has 2 N–H and O–H groups in total. The molecular formula is C10H17N3O3S2. The minimum Gasteiger partial charge on any atom is -0.493 e. The topological polar surface area (TPSA) is 80.4 Å². The van der Waals surface area contributed by atoms with E-state index in [1.54, 1.807) is 12.2 Å². The fourth-order valence-corrected chi connectivity index (χ4v) is 2.88. The van der Waals surface area contributed by atoms with Crippen molar-refractivity contribution >= 4 is 28.3 Å². The highest BCUT2D eigenvalue weighted by atomic mass is 32.3. The Labute approximate surface area is 112 Å². The van der Waals surface area contributed by atoms with Crippen LogP contribution in [0.3, 0.4) is 0 Å². The first-order valence-electron chi connectivity index (χ1n) is 5.14. The summed E-state index contributed by atoms with van der Waals surface area (Å²) in [7, 11) is -1.49. The van der Waals surface area contributed by atoms with E-state index < -0.39 is 10.8 Å². The Morgan fingerprint density at radius 3 is 2.72 bits per heavy atom. The molecule has 0 aromatic carbocycles. The van der Waals surface area contributed by atoms with Crippen LogP contribution in [0, 0.1) is 0 Å². The van der Waals surface area contributed by atoms with E-state index in [1.165, 1.54) is 25.1 Å². The standard InChI is InChI=1S/C10H17N3O3S2/c1-5-7-8(16-3)9-11-10(17-6-2)13(12-9)18(4,14)15/h5,7,14-15H,1,6H2,2-4H3/b8-7-. The minimum absolute atomic E-state index is 0.301. The second-order valence-electron chi connectivity index (χ2n) is 3.29. The number of methoxy groups -OCH3 is 1. The molecule has 0 unspecified atom stereocenters. The van der Waals surface area contributed by atoms with Crippen LogP contribution in [0.2, 0.25) is 0 Å². The van der Waals surface area contributed by atoms with Crippen LogP contribution in [0.1, 0.15) is 12.7 Å². The van der Waals surface area contributed by atoms with Crippen LogP contribution in [-0.4, -0.2) is 42.4 Å². The van der Waals surface area contributed by atoms with Crippen LogP contribution < -0.4 is 0 Å². The Kier molecular flexibility index (Phi) is 5.27. The molecule has 102 valence electrons. The number of hydrogen-bond acceptors (Lipinski definition) is 6. The predicted octanol–water partition coefficient (Wildman–Crippen LogP) is 2.71. The van der Waals surface area contributed by atoms with Gasteiger partial charge in [-0.2, -0.15) is 4.98 Å². The molecule has 18 heavy (non-hydrogen) atoms. The number of ether oxygens (including phenoxy) is 1. The van der Waals surface area contributed by atoms with E-state index in [0.29, 0.717) is 16.7 Å². The zero-order valence-corrected chi connectivity index (χ0v) is 12.2. The lowest BCUT2D eigenvalue weighted by atomic mass is 10.4. The van der Waals surface area contributed by atoms with Crippen molar-refractivity contribution in [3.63, 3.8) is 0 Å². The van der Waals surface area contributed by atoms with Gasteiger partial charge < -0.3 is 4.74 Å². The van der Waals surface area contributed by atoms with Crippen LogP contribution in [0.25, 0.3) is 5.76 Å². The summed E-state index contributed by atoms with van der Waals surface area (Å²) in [6.45, 7) is 5.52. The van der Waals surface area contributed by atoms with Crippen molar-refractivity contribution in [2.45, 2.75) is 12.1 Å². The van der Waals surface area contributed by atoms with Crippen LogP contribution in [0.5, 0.6) is 0 Å². The van der Waals surface area contributed by atoms with Crippen LogP contribution in [0.15, 0.2) is 23.9 Å². The van der Waals surface area contributed by atoms with Gasteiger partial charge >= 0.3 is 0 Å². The second-order valence-corrected chi connectivity index (χ2v) is 6.45. The quantitative estimate of drug-likeness (QED) is 0.476. The number of nitrogens with zero attached hydrogens (tertiary/aromatic N) is 3. The fraction of sp³-hybridized carbons (Fsp3) is 0.400. The zero-order valence-electron chi connectivity index (χ0n) is 10.5. The molecule has 0 saturated heterocycles. The number of aromatic nitrogens is 3. The zero-order chi connectivity index (χ0) is 13.8. The van der Waals surface area contributed by atoms with E-state index in [1.807, 2.05) is 6.92 Å². The molecule has 0 fully saturated rings. The Morgan fingerprint density at radius 2 is 2.28 bits per heavy atom. The van der Waals surface area contributed by atoms with E-state index in [4.69, 9.17) is 4.74 Å². The summed E-state index contributed by atoms with van der Waals surface area (Å²) in [6, 6.07) is 0. The smallest absolute Gasteiger partial charge is 0.219 e. The molecule has 1 aromatic rings. The van der Waals surface area contributed by atoms with Gasteiger partial charge in [0.15, 0.2) is 5.76 Å². The van der Waals surface area contributed by atoms with Gasteiger partial charge in [-0.1, -0.05) is 42.1 Å². The summed E-state index contributed by atoms with van der Waals surface area (Å²) in [5.74, 6) is 1.47. The van der Waals surface area contributed by atoms with Crippen molar-refractivity contribution in [3.05, 3.63) is 24.6 Å². The van der Waals surface area contributed by atoms with Gasteiger partial charge in [-0.25, -0.2) is 0 Å². The molecule has 1 rings (SSSR count). The third-order valence-corrected chi connectivity index (χ3v) is 3.70. The van der Waals surface area contributed by atoms with Crippen LogP contribution in [0.4, 0.5) is 0 Å². The molecule has 0 radical (unpaired) electrons. The first-order chi connectivity index (χ1) is 8.43. The van der Waals surface area contributed by atoms with Crippen molar-refractivity contribution in [1.29, 1.82) is 0 Å². The molecule has 0 aliphatic heterocycles. The first-order valence-corrected chi connectivity index (χ1v) is 8.04. The maximum Gasteiger partial charge on any atom is 0.219 e. The first kappa shape index (κ1) is 15.1. The average molecular weight is 291 g/mol. The van der Waals surface area contributed by atoms with E-state index in [0.717, 1.165) is 9.84 Å². The highest BCUT2D eigenvalue weighted by Gasteiger charge is 2.20. The molecular weight excluding hydrogens is 274 g/mol. The van der Waals surface area contributed by atoms with E-state index >= 15 is 0 Å². The van der Waals surface area contributed by atoms with Gasteiger partial charge in [-0.15, -0.1) is 9.19 Å². The van der Waals surface area contributed by atoms with Gasteiger partial charge in [0.1, 0.15) is 0 Å². The maximum absolute atomic E-state index is 9.70. The number of allylic oxidation sites excluding steroid dienone is 2. The van der Waals surface area contributed by atoms with E-state index in [2.05, 4.69) is 16.7 Å². The number of hydrogen-bond donors (Lipinski definition) is 2. The molecule has 1 aromatic heterocycles. The lowest BCUT2D eigenvalue weighted by Crippen LogP contribution is -2.10. The van der Waals surface area contributed by atoms with E-state index in [9.17, 15) is 9.11 Å². The summed E-state index contributed by atoms with van der Waals surface area (Å²) < 4.78 is 25.7. The molecule has 0 atom stereocenters. The average Bonchev–Trinajstić information content (AvgIpc) is 2.70. The van der Waals surface area contributed by atoms with Crippen LogP contribution in [-0.2, 0) is 4.74 Å². The summed E-state index contributed by atoms with van der Waals surface area (Å²) >= 11 is 1.38. The Morgan fingerprint density at radius 1 is 1.61 bits per heavy atom. The molecule has 1 heterocycles. The van der Waals surface area contributed by atoms with Crippen molar-refractivity contribution < 1.29 is 13.8 Å². The number of rotatable bonds is 6. The van der Waals surface area contributed by atoms with Crippen molar-refractivity contribution in [3.8, 4) is 0 Å². The van der Waals surface area contributed by atoms with E-state index in [-0.39, 0.29) is 0 Å². The molecule has 8 heteroatoms. The SMILES string of the molecule is C=C/C=C(\OC)c1nc(SCC)n(S(C)(O)O)n1. The Hall–Kier alpha value is -0.960. The largest absolute Gasteiger partial charge is 0.493 e. The minimum atomic E-state index is -2.98. The summed E-state index contributed by atoms with van der Waals surface area (Å²) in [4.78, 5) is 4.23. The molecule has 0 aliphatic rings.